The largest absolute Gasteiger partial charge is 0.481 e. The van der Waals surface area contributed by atoms with Crippen LogP contribution in [0.4, 0.5) is 0 Å². The van der Waals surface area contributed by atoms with E-state index in [0.29, 0.717) is 5.88 Å². The molecule has 19 heavy (non-hydrogen) atoms. The van der Waals surface area contributed by atoms with Crippen molar-refractivity contribution in [3.8, 4) is 5.88 Å². The summed E-state index contributed by atoms with van der Waals surface area (Å²) in [6, 6.07) is 3.97. The monoisotopic (exact) mass is 264 g/mol. The second kappa shape index (κ2) is 6.52. The maximum atomic E-state index is 10.9. The Balaban J connectivity index is 1.99. The zero-order valence-corrected chi connectivity index (χ0v) is 11.2. The zero-order chi connectivity index (χ0) is 13.7. The van der Waals surface area contributed by atoms with Gasteiger partial charge in [0.05, 0.1) is 13.5 Å². The summed E-state index contributed by atoms with van der Waals surface area (Å²) in [6.07, 6.45) is 5.25. The Kier molecular flexibility index (Phi) is 4.74. The minimum Gasteiger partial charge on any atom is -0.481 e. The number of aromatic nitrogens is 1. The van der Waals surface area contributed by atoms with Crippen LogP contribution >= 0.6 is 0 Å². The van der Waals surface area contributed by atoms with Gasteiger partial charge in [-0.3, -0.25) is 9.69 Å². The Morgan fingerprint density at radius 3 is 3.00 bits per heavy atom. The van der Waals surface area contributed by atoms with Crippen LogP contribution in [0.2, 0.25) is 0 Å². The number of hydrogen-bond donors (Lipinski definition) is 1. The number of aliphatic carboxylic acids is 1. The molecule has 104 valence electrons. The minimum absolute atomic E-state index is 0.147. The molecule has 1 aliphatic rings. The minimum atomic E-state index is -0.718. The van der Waals surface area contributed by atoms with Gasteiger partial charge in [0.25, 0.3) is 0 Å². The van der Waals surface area contributed by atoms with E-state index in [2.05, 4.69) is 9.88 Å². The molecule has 0 saturated carbocycles. The fourth-order valence-electron chi connectivity index (χ4n) is 2.56. The van der Waals surface area contributed by atoms with Crippen molar-refractivity contribution >= 4 is 5.97 Å². The van der Waals surface area contributed by atoms with E-state index >= 15 is 0 Å². The molecule has 1 aliphatic heterocycles. The van der Waals surface area contributed by atoms with E-state index in [9.17, 15) is 4.79 Å². The summed E-state index contributed by atoms with van der Waals surface area (Å²) in [7, 11) is 1.59. The van der Waals surface area contributed by atoms with Gasteiger partial charge in [-0.15, -0.1) is 0 Å². The third-order valence-corrected chi connectivity index (χ3v) is 3.55. The van der Waals surface area contributed by atoms with E-state index in [-0.39, 0.29) is 12.5 Å². The first-order chi connectivity index (χ1) is 9.19. The molecule has 1 saturated heterocycles. The van der Waals surface area contributed by atoms with Gasteiger partial charge in [0, 0.05) is 24.8 Å². The topological polar surface area (TPSA) is 62.7 Å². The molecule has 0 bridgehead atoms. The average molecular weight is 264 g/mol. The summed E-state index contributed by atoms with van der Waals surface area (Å²) in [4.78, 5) is 17.3. The summed E-state index contributed by atoms with van der Waals surface area (Å²) < 4.78 is 5.03. The number of ether oxygens (including phenoxy) is 1. The van der Waals surface area contributed by atoms with Gasteiger partial charge in [-0.1, -0.05) is 12.5 Å². The van der Waals surface area contributed by atoms with Crippen molar-refractivity contribution in [2.24, 2.45) is 0 Å². The van der Waals surface area contributed by atoms with Crippen LogP contribution in [-0.4, -0.2) is 40.7 Å². The fourth-order valence-corrected chi connectivity index (χ4v) is 2.56. The summed E-state index contributed by atoms with van der Waals surface area (Å²) in [5.74, 6) is -0.116. The quantitative estimate of drug-likeness (QED) is 0.880. The van der Waals surface area contributed by atoms with Gasteiger partial charge in [0.2, 0.25) is 5.88 Å². The summed E-state index contributed by atoms with van der Waals surface area (Å²) in [5.41, 5.74) is 1.10. The van der Waals surface area contributed by atoms with Crippen molar-refractivity contribution in [1.29, 1.82) is 0 Å². The first-order valence-electron chi connectivity index (χ1n) is 6.64. The molecule has 0 aliphatic carbocycles. The Bertz CT molecular complexity index is 419. The molecule has 1 N–H and O–H groups in total. The highest BCUT2D eigenvalue weighted by atomic mass is 16.5. The van der Waals surface area contributed by atoms with E-state index in [1.54, 1.807) is 13.3 Å². The lowest BCUT2D eigenvalue weighted by molar-refractivity contribution is -0.138. The maximum absolute atomic E-state index is 10.9. The van der Waals surface area contributed by atoms with Crippen molar-refractivity contribution in [1.82, 2.24) is 9.88 Å². The summed E-state index contributed by atoms with van der Waals surface area (Å²) in [6.45, 7) is 1.72. The van der Waals surface area contributed by atoms with Crippen molar-refractivity contribution in [2.45, 2.75) is 38.3 Å². The Labute approximate surface area is 113 Å². The van der Waals surface area contributed by atoms with E-state index in [4.69, 9.17) is 9.84 Å². The zero-order valence-electron chi connectivity index (χ0n) is 11.2. The number of pyridine rings is 1. The van der Waals surface area contributed by atoms with Crippen LogP contribution in [0.1, 0.15) is 31.2 Å². The predicted molar refractivity (Wildman–Crippen MR) is 71.1 cm³/mol. The fraction of sp³-hybridized carbons (Fsp3) is 0.571. The number of rotatable bonds is 5. The molecular formula is C14H20N2O3. The number of carboxylic acid groups (broad SMARTS) is 1. The number of carboxylic acids is 1. The van der Waals surface area contributed by atoms with Crippen molar-refractivity contribution < 1.29 is 14.6 Å². The SMILES string of the molecule is COc1ccc(CN2CCCCC2CC(=O)O)cn1. The number of carbonyl (C=O) groups is 1. The van der Waals surface area contributed by atoms with E-state index < -0.39 is 5.97 Å². The smallest absolute Gasteiger partial charge is 0.304 e. The molecule has 5 heteroatoms. The molecule has 0 radical (unpaired) electrons. The number of likely N-dealkylation sites (tertiary alicyclic amines) is 1. The summed E-state index contributed by atoms with van der Waals surface area (Å²) >= 11 is 0. The third-order valence-electron chi connectivity index (χ3n) is 3.55. The average Bonchev–Trinajstić information content (AvgIpc) is 2.41. The van der Waals surface area contributed by atoms with E-state index in [1.165, 1.54) is 0 Å². The highest BCUT2D eigenvalue weighted by Gasteiger charge is 2.24. The van der Waals surface area contributed by atoms with Gasteiger partial charge in [-0.2, -0.15) is 0 Å². The molecule has 1 atom stereocenters. The third kappa shape index (κ3) is 3.92. The lowest BCUT2D eigenvalue weighted by atomic mass is 9.99. The lowest BCUT2D eigenvalue weighted by Crippen LogP contribution is -2.40. The number of piperidine rings is 1. The van der Waals surface area contributed by atoms with Crippen LogP contribution in [0.25, 0.3) is 0 Å². The van der Waals surface area contributed by atoms with Gasteiger partial charge >= 0.3 is 5.97 Å². The van der Waals surface area contributed by atoms with E-state index in [1.807, 2.05) is 12.1 Å². The Morgan fingerprint density at radius 2 is 2.37 bits per heavy atom. The van der Waals surface area contributed by atoms with Crippen LogP contribution in [0.5, 0.6) is 5.88 Å². The predicted octanol–water partition coefficient (Wildman–Crippen LogP) is 1.92. The number of methoxy groups -OCH3 is 1. The van der Waals surface area contributed by atoms with Gasteiger partial charge in [0.15, 0.2) is 0 Å². The number of hydrogen-bond acceptors (Lipinski definition) is 4. The normalized spacial score (nSPS) is 20.2. The van der Waals surface area contributed by atoms with Gasteiger partial charge < -0.3 is 9.84 Å². The molecule has 1 aromatic rings. The molecule has 0 spiro atoms. The molecule has 0 aromatic carbocycles. The molecule has 2 heterocycles. The van der Waals surface area contributed by atoms with Crippen LogP contribution < -0.4 is 4.74 Å². The molecular weight excluding hydrogens is 244 g/mol. The standard InChI is InChI=1S/C14H20N2O3/c1-19-13-6-5-11(9-15-13)10-16-7-3-2-4-12(16)8-14(17)18/h5-6,9,12H,2-4,7-8,10H2,1H3,(H,17,18). The molecule has 1 fully saturated rings. The van der Waals surface area contributed by atoms with Crippen molar-refractivity contribution in [3.63, 3.8) is 0 Å². The van der Waals surface area contributed by atoms with Crippen LogP contribution in [0.3, 0.4) is 0 Å². The van der Waals surface area contributed by atoms with Crippen LogP contribution in [-0.2, 0) is 11.3 Å². The molecule has 1 unspecified atom stereocenters. The van der Waals surface area contributed by atoms with Gasteiger partial charge in [-0.05, 0) is 24.9 Å². The second-order valence-electron chi connectivity index (χ2n) is 4.93. The van der Waals surface area contributed by atoms with Crippen molar-refractivity contribution in [2.75, 3.05) is 13.7 Å². The number of nitrogens with zero attached hydrogens (tertiary/aromatic N) is 2. The molecule has 1 aromatic heterocycles. The van der Waals surface area contributed by atoms with E-state index in [0.717, 1.165) is 37.9 Å². The highest BCUT2D eigenvalue weighted by molar-refractivity contribution is 5.67. The van der Waals surface area contributed by atoms with Crippen LogP contribution in [0.15, 0.2) is 18.3 Å². The van der Waals surface area contributed by atoms with Gasteiger partial charge in [-0.25, -0.2) is 4.98 Å². The molecule has 0 amide bonds. The first-order valence-corrected chi connectivity index (χ1v) is 6.64. The van der Waals surface area contributed by atoms with Crippen molar-refractivity contribution in [3.05, 3.63) is 23.9 Å². The molecule has 5 nitrogen and oxygen atoms in total. The van der Waals surface area contributed by atoms with Gasteiger partial charge in [0.1, 0.15) is 0 Å². The highest BCUT2D eigenvalue weighted by Crippen LogP contribution is 2.22. The first kappa shape index (κ1) is 13.8. The molecule has 2 rings (SSSR count). The second-order valence-corrected chi connectivity index (χ2v) is 4.93. The lowest BCUT2D eigenvalue weighted by Gasteiger charge is -2.34. The summed E-state index contributed by atoms with van der Waals surface area (Å²) in [5, 5.41) is 8.96. The maximum Gasteiger partial charge on any atom is 0.304 e. The van der Waals surface area contributed by atoms with Crippen LogP contribution in [0, 0.1) is 0 Å². The Morgan fingerprint density at radius 1 is 1.53 bits per heavy atom. The Hall–Kier alpha value is -1.62.